The molecule has 8 heteroatoms. The zero-order chi connectivity index (χ0) is 24.6. The Labute approximate surface area is 207 Å². The Hall–Kier alpha value is -3.00. The van der Waals surface area contributed by atoms with Crippen LogP contribution in [0.5, 0.6) is 0 Å². The van der Waals surface area contributed by atoms with Crippen molar-refractivity contribution < 1.29 is 14.7 Å². The molecule has 1 aromatic carbocycles. The quantitative estimate of drug-likeness (QED) is 0.268. The van der Waals surface area contributed by atoms with Crippen LogP contribution in [0, 0.1) is 5.92 Å². The molecule has 0 radical (unpaired) electrons. The molecule has 3 heterocycles. The molecule has 188 valence electrons. The van der Waals surface area contributed by atoms with Crippen molar-refractivity contribution >= 4 is 11.8 Å². The molecule has 8 nitrogen and oxygen atoms in total. The number of aliphatic hydroxyl groups excluding tert-OH is 1. The molecule has 1 saturated heterocycles. The number of aliphatic hydroxyl groups is 1. The van der Waals surface area contributed by atoms with Gasteiger partial charge < -0.3 is 5.11 Å². The summed E-state index contributed by atoms with van der Waals surface area (Å²) in [5, 5.41) is 20.7. The number of nitrogens with zero attached hydrogens (tertiary/aromatic N) is 5. The summed E-state index contributed by atoms with van der Waals surface area (Å²) in [6.45, 7) is 2.46. The van der Waals surface area contributed by atoms with Crippen LogP contribution in [0.1, 0.15) is 70.3 Å². The number of likely N-dealkylation sites (tertiary alicyclic amines) is 1. The minimum Gasteiger partial charge on any atom is -0.391 e. The monoisotopic (exact) mass is 479 g/mol. The molecule has 4 rings (SSSR count). The number of aromatic nitrogens is 3. The van der Waals surface area contributed by atoms with Crippen molar-refractivity contribution in [2.45, 2.75) is 89.4 Å². The summed E-state index contributed by atoms with van der Waals surface area (Å²) >= 11 is 0. The average Bonchev–Trinajstić information content (AvgIpc) is 3.49. The highest BCUT2D eigenvalue weighted by molar-refractivity contribution is 6.09. The third kappa shape index (κ3) is 5.81. The third-order valence-corrected chi connectivity index (χ3v) is 7.12. The molecule has 35 heavy (non-hydrogen) atoms. The van der Waals surface area contributed by atoms with Crippen LogP contribution in [0.25, 0.3) is 0 Å². The van der Waals surface area contributed by atoms with Crippen molar-refractivity contribution in [3.63, 3.8) is 0 Å². The van der Waals surface area contributed by atoms with Crippen LogP contribution < -0.4 is 5.01 Å². The molecule has 0 spiro atoms. The third-order valence-electron chi connectivity index (χ3n) is 7.12. The van der Waals surface area contributed by atoms with E-state index in [0.717, 1.165) is 18.4 Å². The lowest BCUT2D eigenvalue weighted by Gasteiger charge is -2.41. The van der Waals surface area contributed by atoms with Crippen molar-refractivity contribution in [1.29, 1.82) is 0 Å². The van der Waals surface area contributed by atoms with Gasteiger partial charge in [0, 0.05) is 0 Å². The number of hydrogen-bond acceptors (Lipinski definition) is 6. The molecule has 4 atom stereocenters. The van der Waals surface area contributed by atoms with Crippen LogP contribution in [-0.4, -0.2) is 54.9 Å². The van der Waals surface area contributed by atoms with Gasteiger partial charge in [0.15, 0.2) is 0 Å². The summed E-state index contributed by atoms with van der Waals surface area (Å²) < 4.78 is 1.64. The van der Waals surface area contributed by atoms with E-state index in [1.165, 1.54) is 56.1 Å². The molecule has 2 amide bonds. The molecular weight excluding hydrogens is 442 g/mol. The number of benzene rings is 1. The molecule has 2 aromatic rings. The topological polar surface area (TPSA) is 91.6 Å². The van der Waals surface area contributed by atoms with E-state index in [0.29, 0.717) is 6.42 Å². The summed E-state index contributed by atoms with van der Waals surface area (Å²) in [7, 11) is 0. The lowest BCUT2D eigenvalue weighted by atomic mass is 9.91. The Bertz CT molecular complexity index is 978. The smallest absolute Gasteiger partial charge is 0.255 e. The second-order valence-electron chi connectivity index (χ2n) is 9.65. The Morgan fingerprint density at radius 3 is 2.23 bits per heavy atom. The summed E-state index contributed by atoms with van der Waals surface area (Å²) in [6, 6.07) is 8.35. The van der Waals surface area contributed by atoms with Gasteiger partial charge in [-0.2, -0.15) is 0 Å². The van der Waals surface area contributed by atoms with Gasteiger partial charge in [0.2, 0.25) is 5.91 Å². The van der Waals surface area contributed by atoms with Crippen molar-refractivity contribution in [1.82, 2.24) is 19.8 Å². The predicted octanol–water partition coefficient (Wildman–Crippen LogP) is 3.60. The molecule has 0 bridgehead atoms. The first-order valence-corrected chi connectivity index (χ1v) is 13.0. The van der Waals surface area contributed by atoms with Gasteiger partial charge in [0.25, 0.3) is 5.91 Å². The molecule has 2 aliphatic heterocycles. The van der Waals surface area contributed by atoms with Crippen molar-refractivity contribution in [3.8, 4) is 0 Å². The molecule has 2 aliphatic rings. The first-order valence-electron chi connectivity index (χ1n) is 13.0. The van der Waals surface area contributed by atoms with Crippen LogP contribution in [-0.2, 0) is 16.1 Å². The summed E-state index contributed by atoms with van der Waals surface area (Å²) in [5.41, 5.74) is 0.902. The van der Waals surface area contributed by atoms with Crippen LogP contribution in [0.4, 0.5) is 0 Å². The largest absolute Gasteiger partial charge is 0.391 e. The van der Waals surface area contributed by atoms with Crippen LogP contribution >= 0.6 is 0 Å². The maximum absolute atomic E-state index is 13.5. The highest BCUT2D eigenvalue weighted by Crippen LogP contribution is 2.33. The molecule has 1 fully saturated rings. The van der Waals surface area contributed by atoms with E-state index in [2.05, 4.69) is 17.1 Å². The lowest BCUT2D eigenvalue weighted by Crippen LogP contribution is -2.60. The van der Waals surface area contributed by atoms with Gasteiger partial charge in [-0.15, -0.1) is 10.2 Å². The Kier molecular flexibility index (Phi) is 8.69. The van der Waals surface area contributed by atoms with Crippen LogP contribution in [0.15, 0.2) is 55.1 Å². The SMILES string of the molecule is CCCCCCCCCCC(O)C1C=CC2C(=O)N(Cc3ccccc3)C(=O)C2N1n1cnnc1. The zero-order valence-corrected chi connectivity index (χ0v) is 20.6. The second kappa shape index (κ2) is 12.1. The fourth-order valence-corrected chi connectivity index (χ4v) is 5.21. The molecular formula is C27H37N5O3. The Balaban J connectivity index is 1.43. The number of carbonyl (C=O) groups excluding carboxylic acids is 2. The first-order chi connectivity index (χ1) is 17.1. The number of rotatable bonds is 13. The number of unbranched alkanes of at least 4 members (excludes halogenated alkanes) is 7. The van der Waals surface area contributed by atoms with Crippen molar-refractivity contribution in [2.24, 2.45) is 5.92 Å². The Morgan fingerprint density at radius 2 is 1.54 bits per heavy atom. The maximum Gasteiger partial charge on any atom is 0.255 e. The molecule has 0 saturated carbocycles. The van der Waals surface area contributed by atoms with Crippen molar-refractivity contribution in [2.75, 3.05) is 5.01 Å². The normalized spacial score (nSPS) is 22.6. The predicted molar refractivity (Wildman–Crippen MR) is 134 cm³/mol. The highest BCUT2D eigenvalue weighted by Gasteiger charge is 2.53. The molecule has 1 N–H and O–H groups in total. The zero-order valence-electron chi connectivity index (χ0n) is 20.6. The highest BCUT2D eigenvalue weighted by atomic mass is 16.3. The van der Waals surface area contributed by atoms with Gasteiger partial charge in [-0.05, 0) is 12.0 Å². The summed E-state index contributed by atoms with van der Waals surface area (Å²) in [6.07, 6.45) is 16.2. The first kappa shape index (κ1) is 25.1. The van der Waals surface area contributed by atoms with E-state index in [1.54, 1.807) is 15.8 Å². The van der Waals surface area contributed by atoms with Gasteiger partial charge in [0.1, 0.15) is 18.7 Å². The van der Waals surface area contributed by atoms with E-state index in [4.69, 9.17) is 0 Å². The van der Waals surface area contributed by atoms with Gasteiger partial charge >= 0.3 is 0 Å². The van der Waals surface area contributed by atoms with E-state index < -0.39 is 24.1 Å². The van der Waals surface area contributed by atoms with Gasteiger partial charge in [0.05, 0.1) is 24.6 Å². The molecule has 0 aliphatic carbocycles. The van der Waals surface area contributed by atoms with Gasteiger partial charge in [-0.3, -0.25) is 19.5 Å². The molecule has 4 unspecified atom stereocenters. The van der Waals surface area contributed by atoms with Gasteiger partial charge in [-0.1, -0.05) is 101 Å². The van der Waals surface area contributed by atoms with Crippen LogP contribution in [0.3, 0.4) is 0 Å². The summed E-state index contributed by atoms with van der Waals surface area (Å²) in [5.74, 6) is -1.07. The Morgan fingerprint density at radius 1 is 0.886 bits per heavy atom. The van der Waals surface area contributed by atoms with E-state index >= 15 is 0 Å². The van der Waals surface area contributed by atoms with E-state index in [9.17, 15) is 14.7 Å². The number of amides is 2. The minimum absolute atomic E-state index is 0.214. The number of fused-ring (bicyclic) bond motifs is 1. The molecule has 1 aromatic heterocycles. The number of carbonyl (C=O) groups is 2. The summed E-state index contributed by atoms with van der Waals surface area (Å²) in [4.78, 5) is 28.1. The van der Waals surface area contributed by atoms with Crippen LogP contribution in [0.2, 0.25) is 0 Å². The van der Waals surface area contributed by atoms with Gasteiger partial charge in [-0.25, -0.2) is 4.68 Å². The van der Waals surface area contributed by atoms with E-state index in [-0.39, 0.29) is 18.4 Å². The minimum atomic E-state index is -0.731. The fraction of sp³-hybridized carbons (Fsp3) is 0.556. The lowest BCUT2D eigenvalue weighted by molar-refractivity contribution is -0.139. The second-order valence-corrected chi connectivity index (χ2v) is 9.65. The maximum atomic E-state index is 13.5. The van der Waals surface area contributed by atoms with E-state index in [1.807, 2.05) is 36.4 Å². The fourth-order valence-electron chi connectivity index (χ4n) is 5.21. The average molecular weight is 480 g/mol. The standard InChI is InChI=1S/C27H37N5O3/c1-2-3-4-5-6-7-8-12-15-24(33)23-17-16-22-25(32(23)30-19-28-29-20-30)27(35)31(26(22)34)18-21-13-10-9-11-14-21/h9-11,13-14,16-17,19-20,22-25,33H,2-8,12,15,18H2,1H3. The number of imide groups is 1. The van der Waals surface area contributed by atoms with Crippen molar-refractivity contribution in [3.05, 3.63) is 60.7 Å². The number of hydrogen-bond donors (Lipinski definition) is 1.